The topological polar surface area (TPSA) is 66.4 Å². The molecule has 0 fully saturated rings. The summed E-state index contributed by atoms with van der Waals surface area (Å²) in [6.07, 6.45) is -5.07. The monoisotopic (exact) mass is 269 g/mol. The minimum atomic E-state index is -4.45. The Kier molecular flexibility index (Phi) is 5.63. The third-order valence-corrected chi connectivity index (χ3v) is 2.57. The number of aliphatic carboxylic acids is 1. The third kappa shape index (κ3) is 5.88. The molecular weight excluding hydrogens is 251 g/mol. The summed E-state index contributed by atoms with van der Waals surface area (Å²) >= 11 is 0. The van der Waals surface area contributed by atoms with Gasteiger partial charge in [-0.3, -0.25) is 9.59 Å². The smallest absolute Gasteiger partial charge is 0.394 e. The minimum absolute atomic E-state index is 0.135. The predicted octanol–water partition coefficient (Wildman–Crippen LogP) is 2.33. The van der Waals surface area contributed by atoms with Crippen molar-refractivity contribution in [3.8, 4) is 0 Å². The number of carboxylic acids is 1. The van der Waals surface area contributed by atoms with Gasteiger partial charge in [-0.2, -0.15) is 13.2 Å². The second-order valence-electron chi connectivity index (χ2n) is 4.96. The lowest BCUT2D eigenvalue weighted by Gasteiger charge is -2.27. The fourth-order valence-electron chi connectivity index (χ4n) is 1.24. The van der Waals surface area contributed by atoms with Crippen molar-refractivity contribution in [1.82, 2.24) is 5.32 Å². The van der Waals surface area contributed by atoms with Gasteiger partial charge in [0.2, 0.25) is 5.91 Å². The second kappa shape index (κ2) is 6.06. The van der Waals surface area contributed by atoms with Gasteiger partial charge in [0, 0.05) is 18.9 Å². The van der Waals surface area contributed by atoms with Crippen LogP contribution in [-0.4, -0.2) is 29.2 Å². The summed E-state index contributed by atoms with van der Waals surface area (Å²) in [7, 11) is 0. The van der Waals surface area contributed by atoms with Gasteiger partial charge in [0.25, 0.3) is 0 Å². The predicted molar refractivity (Wildman–Crippen MR) is 58.9 cm³/mol. The molecule has 0 heterocycles. The minimum Gasteiger partial charge on any atom is -0.481 e. The van der Waals surface area contributed by atoms with Gasteiger partial charge in [-0.25, -0.2) is 0 Å². The molecule has 0 aliphatic heterocycles. The SMILES string of the molecule is CC(CCC(=O)O)NC(=O)CC(C)(C)C(F)(F)F. The van der Waals surface area contributed by atoms with Crippen LogP contribution in [0.25, 0.3) is 0 Å². The standard InChI is InChI=1S/C11H18F3NO3/c1-7(4-5-9(17)18)15-8(16)6-10(2,3)11(12,13)14/h7H,4-6H2,1-3H3,(H,15,16)(H,17,18). The summed E-state index contributed by atoms with van der Waals surface area (Å²) in [6, 6.07) is -0.461. The van der Waals surface area contributed by atoms with Gasteiger partial charge in [-0.05, 0) is 13.3 Å². The van der Waals surface area contributed by atoms with Crippen LogP contribution in [0.1, 0.15) is 40.0 Å². The summed E-state index contributed by atoms with van der Waals surface area (Å²) in [5, 5.41) is 10.8. The fraction of sp³-hybridized carbons (Fsp3) is 0.818. The molecule has 0 aliphatic carbocycles. The Morgan fingerprint density at radius 3 is 2.17 bits per heavy atom. The molecular formula is C11H18F3NO3. The van der Waals surface area contributed by atoms with E-state index in [9.17, 15) is 22.8 Å². The highest BCUT2D eigenvalue weighted by Crippen LogP contribution is 2.40. The molecule has 106 valence electrons. The van der Waals surface area contributed by atoms with E-state index in [1.165, 1.54) is 0 Å². The van der Waals surface area contributed by atoms with E-state index < -0.39 is 35.9 Å². The summed E-state index contributed by atoms with van der Waals surface area (Å²) in [5.41, 5.74) is -2.09. The van der Waals surface area contributed by atoms with Gasteiger partial charge in [0.05, 0.1) is 5.41 Å². The number of halogens is 3. The van der Waals surface area contributed by atoms with E-state index >= 15 is 0 Å². The highest BCUT2D eigenvalue weighted by molar-refractivity contribution is 5.77. The van der Waals surface area contributed by atoms with Gasteiger partial charge in [-0.15, -0.1) is 0 Å². The van der Waals surface area contributed by atoms with Crippen LogP contribution in [0.2, 0.25) is 0 Å². The van der Waals surface area contributed by atoms with Gasteiger partial charge >= 0.3 is 12.1 Å². The molecule has 0 radical (unpaired) electrons. The van der Waals surface area contributed by atoms with Crippen LogP contribution in [0, 0.1) is 5.41 Å². The van der Waals surface area contributed by atoms with E-state index in [2.05, 4.69) is 5.32 Å². The van der Waals surface area contributed by atoms with Crippen LogP contribution in [0.5, 0.6) is 0 Å². The zero-order valence-corrected chi connectivity index (χ0v) is 10.6. The van der Waals surface area contributed by atoms with E-state index in [4.69, 9.17) is 5.11 Å². The number of nitrogens with one attached hydrogen (secondary N) is 1. The highest BCUT2D eigenvalue weighted by atomic mass is 19.4. The van der Waals surface area contributed by atoms with E-state index in [0.29, 0.717) is 0 Å². The van der Waals surface area contributed by atoms with Crippen molar-refractivity contribution in [2.45, 2.75) is 52.3 Å². The van der Waals surface area contributed by atoms with Crippen molar-refractivity contribution in [3.63, 3.8) is 0 Å². The third-order valence-electron chi connectivity index (χ3n) is 2.57. The van der Waals surface area contributed by atoms with Crippen molar-refractivity contribution >= 4 is 11.9 Å². The molecule has 0 aromatic carbocycles. The largest absolute Gasteiger partial charge is 0.481 e. The molecule has 7 heteroatoms. The molecule has 1 amide bonds. The maximum absolute atomic E-state index is 12.5. The lowest BCUT2D eigenvalue weighted by molar-refractivity contribution is -0.213. The van der Waals surface area contributed by atoms with Crippen molar-refractivity contribution in [3.05, 3.63) is 0 Å². The zero-order valence-electron chi connectivity index (χ0n) is 10.6. The van der Waals surface area contributed by atoms with E-state index in [1.54, 1.807) is 6.92 Å². The number of carbonyl (C=O) groups is 2. The maximum Gasteiger partial charge on any atom is 0.394 e. The van der Waals surface area contributed by atoms with Crippen molar-refractivity contribution in [1.29, 1.82) is 0 Å². The Morgan fingerprint density at radius 1 is 1.28 bits per heavy atom. The Hall–Kier alpha value is -1.27. The molecule has 0 rings (SSSR count). The van der Waals surface area contributed by atoms with E-state index in [-0.39, 0.29) is 12.8 Å². The average Bonchev–Trinajstić information content (AvgIpc) is 2.11. The molecule has 0 aliphatic rings. The highest BCUT2D eigenvalue weighted by Gasteiger charge is 2.48. The van der Waals surface area contributed by atoms with Crippen LogP contribution in [0.4, 0.5) is 13.2 Å². The van der Waals surface area contributed by atoms with E-state index in [0.717, 1.165) is 13.8 Å². The Labute approximate surface area is 104 Å². The lowest BCUT2D eigenvalue weighted by Crippen LogP contribution is -2.40. The molecule has 4 nitrogen and oxygen atoms in total. The molecule has 1 atom stereocenters. The van der Waals surface area contributed by atoms with E-state index in [1.807, 2.05) is 0 Å². The number of carboxylic acid groups (broad SMARTS) is 1. The van der Waals surface area contributed by atoms with Gasteiger partial charge in [0.15, 0.2) is 0 Å². The average molecular weight is 269 g/mol. The number of amides is 1. The van der Waals surface area contributed by atoms with Crippen molar-refractivity contribution in [2.24, 2.45) is 5.41 Å². The molecule has 0 saturated heterocycles. The lowest BCUT2D eigenvalue weighted by atomic mass is 9.88. The second-order valence-corrected chi connectivity index (χ2v) is 4.96. The molecule has 18 heavy (non-hydrogen) atoms. The first-order valence-corrected chi connectivity index (χ1v) is 5.53. The normalized spacial score (nSPS) is 14.1. The number of hydrogen-bond donors (Lipinski definition) is 2. The van der Waals surface area contributed by atoms with Gasteiger partial charge < -0.3 is 10.4 Å². The molecule has 1 unspecified atom stereocenters. The molecule has 2 N–H and O–H groups in total. The van der Waals surface area contributed by atoms with Crippen molar-refractivity contribution in [2.75, 3.05) is 0 Å². The van der Waals surface area contributed by atoms with Crippen LogP contribution in [0.15, 0.2) is 0 Å². The number of alkyl halides is 3. The molecule has 0 spiro atoms. The maximum atomic E-state index is 12.5. The first-order chi connectivity index (χ1) is 7.95. The number of hydrogen-bond acceptors (Lipinski definition) is 2. The van der Waals surface area contributed by atoms with Crippen LogP contribution < -0.4 is 5.32 Å². The number of rotatable bonds is 6. The molecule has 0 saturated carbocycles. The molecule has 0 bridgehead atoms. The van der Waals surface area contributed by atoms with Crippen LogP contribution in [0.3, 0.4) is 0 Å². The summed E-state index contributed by atoms with van der Waals surface area (Å²) in [5.74, 6) is -1.73. The zero-order chi connectivity index (χ0) is 14.6. The van der Waals surface area contributed by atoms with Gasteiger partial charge in [0.1, 0.15) is 0 Å². The quantitative estimate of drug-likeness (QED) is 0.777. The van der Waals surface area contributed by atoms with Gasteiger partial charge in [-0.1, -0.05) is 13.8 Å². The molecule has 0 aromatic heterocycles. The fourth-order valence-corrected chi connectivity index (χ4v) is 1.24. The number of carbonyl (C=O) groups excluding carboxylic acids is 1. The Morgan fingerprint density at radius 2 is 1.78 bits per heavy atom. The summed E-state index contributed by atoms with van der Waals surface area (Å²) in [4.78, 5) is 21.7. The molecule has 0 aromatic rings. The first kappa shape index (κ1) is 16.7. The Bertz CT molecular complexity index is 313. The summed E-state index contributed by atoms with van der Waals surface area (Å²) < 4.78 is 37.6. The first-order valence-electron chi connectivity index (χ1n) is 5.53. The Balaban J connectivity index is 4.23. The van der Waals surface area contributed by atoms with Crippen LogP contribution in [-0.2, 0) is 9.59 Å². The van der Waals surface area contributed by atoms with Crippen LogP contribution >= 0.6 is 0 Å². The summed E-state index contributed by atoms with van der Waals surface area (Å²) in [6.45, 7) is 3.46. The van der Waals surface area contributed by atoms with Crippen molar-refractivity contribution < 1.29 is 27.9 Å².